The minimum atomic E-state index is -4.13. The molecule has 53 heavy (non-hydrogen) atoms. The highest BCUT2D eigenvalue weighted by Gasteiger charge is 2.51. The Hall–Kier alpha value is -2.78. The van der Waals surface area contributed by atoms with Crippen LogP contribution in [-0.2, 0) is 40.8 Å². The molecular weight excluding hydrogens is 725 g/mol. The first-order chi connectivity index (χ1) is 25.4. The fourth-order valence-corrected chi connectivity index (χ4v) is 9.69. The Bertz CT molecular complexity index is 1750. The van der Waals surface area contributed by atoms with Crippen LogP contribution in [0.25, 0.3) is 0 Å². The maximum atomic E-state index is 17.2. The second kappa shape index (κ2) is 16.9. The molecule has 1 aliphatic carbocycles. The molecular formula is C39H53ClFN3O8S. The summed E-state index contributed by atoms with van der Waals surface area (Å²) in [6, 6.07) is 11.0. The van der Waals surface area contributed by atoms with Gasteiger partial charge in [0, 0.05) is 55.9 Å². The van der Waals surface area contributed by atoms with Crippen molar-refractivity contribution in [2.75, 3.05) is 85.0 Å². The van der Waals surface area contributed by atoms with E-state index in [1.165, 1.54) is 24.1 Å². The topological polar surface area (TPSA) is 116 Å². The van der Waals surface area contributed by atoms with Crippen molar-refractivity contribution in [3.05, 3.63) is 70.0 Å². The molecule has 1 fully saturated rings. The van der Waals surface area contributed by atoms with E-state index in [2.05, 4.69) is 20.6 Å². The first kappa shape index (κ1) is 39.9. The lowest BCUT2D eigenvalue weighted by molar-refractivity contribution is -0.106. The van der Waals surface area contributed by atoms with Crippen molar-refractivity contribution in [3.63, 3.8) is 0 Å². The number of aryl methyl sites for hydroxylation is 1. The second-order valence-electron chi connectivity index (χ2n) is 15.0. The Morgan fingerprint density at radius 1 is 1.04 bits per heavy atom. The van der Waals surface area contributed by atoms with Crippen LogP contribution in [0.15, 0.2) is 48.3 Å². The third kappa shape index (κ3) is 8.41. The van der Waals surface area contributed by atoms with Gasteiger partial charge in [0.2, 0.25) is 10.0 Å². The van der Waals surface area contributed by atoms with Gasteiger partial charge in [-0.15, -0.1) is 0 Å². The molecule has 0 saturated carbocycles. The van der Waals surface area contributed by atoms with Gasteiger partial charge in [0.15, 0.2) is 0 Å². The highest BCUT2D eigenvalue weighted by atomic mass is 35.5. The van der Waals surface area contributed by atoms with E-state index in [4.69, 9.17) is 35.3 Å². The molecule has 292 valence electrons. The molecule has 1 amide bonds. The molecule has 2 aromatic carbocycles. The number of hydrogen-bond donors (Lipinski definition) is 1. The number of hydrogen-bond acceptors (Lipinski definition) is 10. The third-order valence-corrected chi connectivity index (χ3v) is 13.8. The smallest absolute Gasteiger partial charge is 0.264 e. The molecule has 1 spiro atoms. The number of methoxy groups -OCH3 is 2. The second-order valence-corrected chi connectivity index (χ2v) is 17.5. The van der Waals surface area contributed by atoms with E-state index in [0.717, 1.165) is 25.7 Å². The van der Waals surface area contributed by atoms with Crippen molar-refractivity contribution >= 4 is 33.2 Å². The molecule has 2 bridgehead atoms. The summed E-state index contributed by atoms with van der Waals surface area (Å²) in [4.78, 5) is 18.0. The van der Waals surface area contributed by atoms with Crippen LogP contribution in [0.5, 0.6) is 5.75 Å². The number of carbonyl (C=O) groups is 1. The van der Waals surface area contributed by atoms with Crippen LogP contribution in [0.1, 0.15) is 61.0 Å². The fourth-order valence-electron chi connectivity index (χ4n) is 8.21. The number of ether oxygens (including phenoxy) is 5. The van der Waals surface area contributed by atoms with Crippen LogP contribution in [0, 0.1) is 5.92 Å². The molecule has 0 radical (unpaired) electrons. The van der Waals surface area contributed by atoms with Crippen LogP contribution in [0.3, 0.4) is 0 Å². The predicted octanol–water partition coefficient (Wildman–Crippen LogP) is 5.29. The predicted molar refractivity (Wildman–Crippen MR) is 202 cm³/mol. The molecule has 0 unspecified atom stereocenters. The molecule has 3 aliphatic heterocycles. The van der Waals surface area contributed by atoms with Crippen LogP contribution < -0.4 is 14.4 Å². The molecule has 1 saturated heterocycles. The van der Waals surface area contributed by atoms with Crippen molar-refractivity contribution in [2.45, 2.75) is 68.2 Å². The Balaban J connectivity index is 1.46. The Morgan fingerprint density at radius 3 is 2.45 bits per heavy atom. The lowest BCUT2D eigenvalue weighted by Crippen LogP contribution is -2.68. The normalized spacial score (nSPS) is 28.0. The number of anilines is 1. The lowest BCUT2D eigenvalue weighted by Gasteiger charge is -2.54. The lowest BCUT2D eigenvalue weighted by atomic mass is 9.70. The summed E-state index contributed by atoms with van der Waals surface area (Å²) < 4.78 is 75.9. The van der Waals surface area contributed by atoms with Crippen LogP contribution >= 0.6 is 11.6 Å². The first-order valence-corrected chi connectivity index (χ1v) is 20.5. The Morgan fingerprint density at radius 2 is 1.77 bits per heavy atom. The number of nitrogens with zero attached hydrogens (tertiary/aromatic N) is 2. The molecule has 4 atom stereocenters. The summed E-state index contributed by atoms with van der Waals surface area (Å²) in [6.45, 7) is 6.56. The average molecular weight is 778 g/mol. The van der Waals surface area contributed by atoms with Crippen LogP contribution in [0.4, 0.5) is 10.1 Å². The number of rotatable bonds is 10. The zero-order valence-corrected chi connectivity index (χ0v) is 32.8. The maximum Gasteiger partial charge on any atom is 0.264 e. The van der Waals surface area contributed by atoms with Gasteiger partial charge in [-0.2, -0.15) is 0 Å². The first-order valence-electron chi connectivity index (χ1n) is 18.6. The minimum absolute atomic E-state index is 0.00237. The van der Waals surface area contributed by atoms with Gasteiger partial charge < -0.3 is 28.6 Å². The molecule has 1 N–H and O–H groups in total. The van der Waals surface area contributed by atoms with Gasteiger partial charge in [-0.1, -0.05) is 30.7 Å². The van der Waals surface area contributed by atoms with Gasteiger partial charge in [-0.25, -0.2) is 17.5 Å². The van der Waals surface area contributed by atoms with E-state index in [9.17, 15) is 13.2 Å². The summed E-state index contributed by atoms with van der Waals surface area (Å²) >= 11 is 6.46. The van der Waals surface area contributed by atoms with Gasteiger partial charge in [-0.3, -0.25) is 9.69 Å². The molecule has 6 rings (SSSR count). The quantitative estimate of drug-likeness (QED) is 0.319. The van der Waals surface area contributed by atoms with Crippen LogP contribution in [0.2, 0.25) is 5.02 Å². The summed E-state index contributed by atoms with van der Waals surface area (Å²) in [5, 5.41) is -0.305. The monoisotopic (exact) mass is 777 g/mol. The van der Waals surface area contributed by atoms with Crippen molar-refractivity contribution in [1.82, 2.24) is 9.62 Å². The zero-order valence-electron chi connectivity index (χ0n) is 31.2. The number of fused-ring (bicyclic) bond motifs is 4. The van der Waals surface area contributed by atoms with E-state index in [1.54, 1.807) is 39.3 Å². The summed E-state index contributed by atoms with van der Waals surface area (Å²) in [7, 11) is -0.951. The maximum absolute atomic E-state index is 17.2. The molecule has 14 heteroatoms. The van der Waals surface area contributed by atoms with E-state index in [0.29, 0.717) is 55.9 Å². The molecule has 3 heterocycles. The average Bonchev–Trinajstić information content (AvgIpc) is 3.27. The number of benzene rings is 2. The summed E-state index contributed by atoms with van der Waals surface area (Å²) in [5.41, 5.74) is 1.59. The summed E-state index contributed by atoms with van der Waals surface area (Å²) in [5.74, 6) is -1.09. The standard InChI is InChI=1S/C39H53ClFN3O8S/c1-27-7-12-36(41)39(25-50-18-16-48-3,26-51-19-17-49-4)44-15-13-32(44)22-43-23-38(14-5-6-29-20-31(40)9-10-33(29)38)24-52-35-11-8-30(21-34(35)43)37(45)42-53(46,47)28(27)2/h8-12,20-21,27-28,32H,5-7,13-19,22-26H2,1-4H3,(H,42,45)/b36-12-/t27-,28+,32-,38-/m0/s1. The van der Waals surface area contributed by atoms with Gasteiger partial charge >= 0.3 is 0 Å². The molecule has 11 nitrogen and oxygen atoms in total. The van der Waals surface area contributed by atoms with Crippen molar-refractivity contribution < 1.29 is 41.3 Å². The highest BCUT2D eigenvalue weighted by molar-refractivity contribution is 7.90. The van der Waals surface area contributed by atoms with Crippen LogP contribution in [-0.4, -0.2) is 116 Å². The Kier molecular flexibility index (Phi) is 12.7. The number of halogens is 2. The van der Waals surface area contributed by atoms with E-state index < -0.39 is 43.9 Å². The number of amides is 1. The largest absolute Gasteiger partial charge is 0.490 e. The fraction of sp³-hybridized carbons (Fsp3) is 0.615. The van der Waals surface area contributed by atoms with E-state index in [-0.39, 0.29) is 44.5 Å². The third-order valence-electron chi connectivity index (χ3n) is 11.6. The number of sulfonamides is 1. The molecule has 2 aromatic rings. The van der Waals surface area contributed by atoms with Crippen molar-refractivity contribution in [1.29, 1.82) is 0 Å². The SMILES string of the molecule is COCCOCC1(COCCOC)/C(F)=C/C[C@H](C)[C@@H](C)S(=O)(=O)NC(=O)c2ccc3c(c2)N(C[C@@H]2CCN21)C[C@@]1(CCCc2cc(Cl)ccc21)CO3. The number of carbonyl (C=O) groups excluding carboxylic acids is 1. The van der Waals surface area contributed by atoms with Gasteiger partial charge in [0.25, 0.3) is 5.91 Å². The Labute approximate surface area is 318 Å². The number of nitrogens with one attached hydrogen (secondary N) is 1. The van der Waals surface area contributed by atoms with Crippen molar-refractivity contribution in [2.24, 2.45) is 5.92 Å². The zero-order chi connectivity index (χ0) is 37.8. The molecule has 0 aromatic heterocycles. The van der Waals surface area contributed by atoms with Gasteiger partial charge in [0.1, 0.15) is 17.1 Å². The minimum Gasteiger partial charge on any atom is -0.490 e. The highest BCUT2D eigenvalue weighted by Crippen LogP contribution is 2.46. The number of allylic oxidation sites excluding steroid dienone is 1. The van der Waals surface area contributed by atoms with Gasteiger partial charge in [0.05, 0.1) is 57.2 Å². The summed E-state index contributed by atoms with van der Waals surface area (Å²) in [6.07, 6.45) is 5.13. The van der Waals surface area contributed by atoms with E-state index in [1.807, 2.05) is 12.1 Å². The van der Waals surface area contributed by atoms with E-state index >= 15 is 4.39 Å². The van der Waals surface area contributed by atoms with Gasteiger partial charge in [-0.05, 0) is 86.4 Å². The molecule has 4 aliphatic rings. The van der Waals surface area contributed by atoms with Crippen molar-refractivity contribution in [3.8, 4) is 5.75 Å².